The molecule has 0 fully saturated rings. The maximum absolute atomic E-state index is 11.5. The highest BCUT2D eigenvalue weighted by molar-refractivity contribution is 5.81. The number of carbonyl (C=O) groups is 1. The fourth-order valence-corrected chi connectivity index (χ4v) is 1.32. The third-order valence-electron chi connectivity index (χ3n) is 2.83. The Hall–Kier alpha value is -0.870. The summed E-state index contributed by atoms with van der Waals surface area (Å²) >= 11 is 0. The summed E-state index contributed by atoms with van der Waals surface area (Å²) < 4.78 is 0. The predicted molar refractivity (Wildman–Crippen MR) is 73.1 cm³/mol. The summed E-state index contributed by atoms with van der Waals surface area (Å²) in [4.78, 5) is 13.8. The average molecular weight is 241 g/mol. The third kappa shape index (κ3) is 7.94. The molecule has 0 saturated heterocycles. The van der Waals surface area contributed by atoms with Crippen LogP contribution in [-0.2, 0) is 4.79 Å². The first kappa shape index (κ1) is 16.1. The van der Waals surface area contributed by atoms with E-state index in [9.17, 15) is 4.79 Å². The molecule has 17 heavy (non-hydrogen) atoms. The molecule has 0 aromatic heterocycles. The Kier molecular flexibility index (Phi) is 8.72. The van der Waals surface area contributed by atoms with Gasteiger partial charge in [0.15, 0.2) is 0 Å². The van der Waals surface area contributed by atoms with E-state index in [-0.39, 0.29) is 11.9 Å². The molecule has 0 rings (SSSR count). The van der Waals surface area contributed by atoms with Crippen LogP contribution in [0.15, 0.2) is 12.7 Å². The Morgan fingerprint density at radius 2 is 2.06 bits per heavy atom. The fourth-order valence-electron chi connectivity index (χ4n) is 1.32. The number of nitrogens with one attached hydrogen (secondary N) is 2. The molecule has 1 atom stereocenters. The van der Waals surface area contributed by atoms with Crippen molar-refractivity contribution in [2.45, 2.75) is 39.3 Å². The van der Waals surface area contributed by atoms with Gasteiger partial charge in [-0.15, -0.1) is 6.58 Å². The van der Waals surface area contributed by atoms with Crippen molar-refractivity contribution in [2.75, 3.05) is 26.7 Å². The van der Waals surface area contributed by atoms with Crippen molar-refractivity contribution in [3.05, 3.63) is 12.7 Å². The molecular weight excluding hydrogens is 214 g/mol. The molecule has 2 N–H and O–H groups in total. The third-order valence-corrected chi connectivity index (χ3v) is 2.83. The van der Waals surface area contributed by atoms with Gasteiger partial charge in [0.1, 0.15) is 0 Å². The van der Waals surface area contributed by atoms with Crippen molar-refractivity contribution < 1.29 is 4.79 Å². The zero-order valence-corrected chi connectivity index (χ0v) is 11.6. The van der Waals surface area contributed by atoms with Crippen LogP contribution >= 0.6 is 0 Å². The van der Waals surface area contributed by atoms with Crippen LogP contribution in [0.5, 0.6) is 0 Å². The van der Waals surface area contributed by atoms with Gasteiger partial charge in [-0.1, -0.05) is 6.08 Å². The second-order valence-corrected chi connectivity index (χ2v) is 4.64. The zero-order chi connectivity index (χ0) is 13.3. The van der Waals surface area contributed by atoms with E-state index in [2.05, 4.69) is 43.0 Å². The predicted octanol–water partition coefficient (Wildman–Crippen LogP) is 0.997. The summed E-state index contributed by atoms with van der Waals surface area (Å²) in [7, 11) is 2.12. The van der Waals surface area contributed by atoms with E-state index in [0.717, 1.165) is 19.5 Å². The van der Waals surface area contributed by atoms with Crippen LogP contribution in [0.25, 0.3) is 0 Å². The van der Waals surface area contributed by atoms with Gasteiger partial charge >= 0.3 is 0 Å². The molecule has 1 amide bonds. The van der Waals surface area contributed by atoms with E-state index >= 15 is 0 Å². The van der Waals surface area contributed by atoms with Crippen LogP contribution in [0, 0.1) is 0 Å². The number of carbonyl (C=O) groups excluding carboxylic acids is 1. The summed E-state index contributed by atoms with van der Waals surface area (Å²) in [5.41, 5.74) is 0. The van der Waals surface area contributed by atoms with Crippen molar-refractivity contribution in [1.82, 2.24) is 15.5 Å². The van der Waals surface area contributed by atoms with Crippen LogP contribution in [-0.4, -0.2) is 49.6 Å². The molecule has 100 valence electrons. The van der Waals surface area contributed by atoms with Gasteiger partial charge in [-0.25, -0.2) is 0 Å². The van der Waals surface area contributed by atoms with E-state index in [0.29, 0.717) is 12.6 Å². The van der Waals surface area contributed by atoms with Crippen molar-refractivity contribution in [3.8, 4) is 0 Å². The number of hydrogen-bond donors (Lipinski definition) is 2. The Morgan fingerprint density at radius 1 is 1.41 bits per heavy atom. The summed E-state index contributed by atoms with van der Waals surface area (Å²) in [5.74, 6) is 0.0297. The topological polar surface area (TPSA) is 44.4 Å². The van der Waals surface area contributed by atoms with Crippen LogP contribution in [0.4, 0.5) is 0 Å². The summed E-state index contributed by atoms with van der Waals surface area (Å²) in [6.45, 7) is 12.2. The minimum absolute atomic E-state index is 0.0297. The van der Waals surface area contributed by atoms with Gasteiger partial charge in [0.05, 0.1) is 6.04 Å². The number of rotatable bonds is 9. The highest BCUT2D eigenvalue weighted by Gasteiger charge is 2.10. The largest absolute Gasteiger partial charge is 0.351 e. The van der Waals surface area contributed by atoms with Gasteiger partial charge in [-0.2, -0.15) is 0 Å². The highest BCUT2D eigenvalue weighted by Crippen LogP contribution is 1.94. The van der Waals surface area contributed by atoms with E-state index in [4.69, 9.17) is 0 Å². The lowest BCUT2D eigenvalue weighted by atomic mass is 10.2. The van der Waals surface area contributed by atoms with Crippen LogP contribution in [0.2, 0.25) is 0 Å². The Labute approximate surface area is 105 Å². The Bertz CT molecular complexity index is 229. The van der Waals surface area contributed by atoms with Gasteiger partial charge in [0.2, 0.25) is 5.91 Å². The van der Waals surface area contributed by atoms with Gasteiger partial charge in [-0.05, 0) is 47.3 Å². The number of hydrogen-bond acceptors (Lipinski definition) is 3. The first-order valence-corrected chi connectivity index (χ1v) is 6.31. The van der Waals surface area contributed by atoms with E-state index < -0.39 is 0 Å². The molecule has 0 aromatic carbocycles. The van der Waals surface area contributed by atoms with Gasteiger partial charge in [0, 0.05) is 12.6 Å². The molecule has 0 aliphatic rings. The van der Waals surface area contributed by atoms with Crippen LogP contribution < -0.4 is 10.6 Å². The normalized spacial score (nSPS) is 12.8. The minimum Gasteiger partial charge on any atom is -0.351 e. The number of nitrogens with zero attached hydrogens (tertiary/aromatic N) is 1. The molecule has 4 heteroatoms. The number of amides is 1. The van der Waals surface area contributed by atoms with Crippen LogP contribution in [0.3, 0.4) is 0 Å². The fraction of sp³-hybridized carbons (Fsp3) is 0.769. The standard InChI is InChI=1S/C13H27N3O/c1-6-8-15-13(17)12(4)14-9-7-10-16(5)11(2)3/h6,11-12,14H,1,7-10H2,2-5H3,(H,15,17). The van der Waals surface area contributed by atoms with Crippen molar-refractivity contribution in [1.29, 1.82) is 0 Å². The van der Waals surface area contributed by atoms with Crippen molar-refractivity contribution >= 4 is 5.91 Å². The minimum atomic E-state index is -0.140. The monoisotopic (exact) mass is 241 g/mol. The quantitative estimate of drug-likeness (QED) is 0.467. The summed E-state index contributed by atoms with van der Waals surface area (Å²) in [5, 5.41) is 5.98. The molecule has 0 aromatic rings. The molecule has 1 unspecified atom stereocenters. The first-order valence-electron chi connectivity index (χ1n) is 6.31. The second kappa shape index (κ2) is 9.19. The summed E-state index contributed by atoms with van der Waals surface area (Å²) in [6.07, 6.45) is 2.73. The SMILES string of the molecule is C=CCNC(=O)C(C)NCCCN(C)C(C)C. The van der Waals surface area contributed by atoms with Gasteiger partial charge in [-0.3, -0.25) is 4.79 Å². The van der Waals surface area contributed by atoms with Gasteiger partial charge in [0.25, 0.3) is 0 Å². The molecule has 0 heterocycles. The molecule has 0 aliphatic carbocycles. The zero-order valence-electron chi connectivity index (χ0n) is 11.6. The Balaban J connectivity index is 3.60. The highest BCUT2D eigenvalue weighted by atomic mass is 16.2. The van der Waals surface area contributed by atoms with Crippen molar-refractivity contribution in [2.24, 2.45) is 0 Å². The lowest BCUT2D eigenvalue weighted by Crippen LogP contribution is -2.43. The molecule has 4 nitrogen and oxygen atoms in total. The van der Waals surface area contributed by atoms with Crippen molar-refractivity contribution in [3.63, 3.8) is 0 Å². The summed E-state index contributed by atoms with van der Waals surface area (Å²) in [6, 6.07) is 0.433. The molecule has 0 bridgehead atoms. The first-order chi connectivity index (χ1) is 7.99. The molecule has 0 radical (unpaired) electrons. The van der Waals surface area contributed by atoms with E-state index in [1.165, 1.54) is 0 Å². The maximum atomic E-state index is 11.5. The Morgan fingerprint density at radius 3 is 2.59 bits per heavy atom. The molecule has 0 aliphatic heterocycles. The lowest BCUT2D eigenvalue weighted by molar-refractivity contribution is -0.122. The van der Waals surface area contributed by atoms with E-state index in [1.807, 2.05) is 6.92 Å². The maximum Gasteiger partial charge on any atom is 0.237 e. The molecule has 0 spiro atoms. The lowest BCUT2D eigenvalue weighted by Gasteiger charge is -2.21. The van der Waals surface area contributed by atoms with E-state index in [1.54, 1.807) is 6.08 Å². The van der Waals surface area contributed by atoms with Gasteiger partial charge < -0.3 is 15.5 Å². The van der Waals surface area contributed by atoms with Crippen LogP contribution in [0.1, 0.15) is 27.2 Å². The molecular formula is C13H27N3O. The molecule has 0 saturated carbocycles. The smallest absolute Gasteiger partial charge is 0.237 e. The second-order valence-electron chi connectivity index (χ2n) is 4.64. The average Bonchev–Trinajstić information content (AvgIpc) is 2.30.